The number of hydrogen-bond donors (Lipinski definition) is 24. The molecule has 0 radical (unpaired) electrons. The number of hydrogen-bond acceptors (Lipinski definition) is 24. The average Bonchev–Trinajstić information content (AvgIpc) is 1.61. The van der Waals surface area contributed by atoms with E-state index in [4.69, 9.17) is 10.8 Å². The molecule has 2 aliphatic heterocycles. The number of aliphatic carboxylic acids is 1. The summed E-state index contributed by atoms with van der Waals surface area (Å²) in [7, 11) is 0. The average molecular weight is 1980 g/mol. The first-order chi connectivity index (χ1) is 64.1. The summed E-state index contributed by atoms with van der Waals surface area (Å²) in [5, 5.41) is 260. The summed E-state index contributed by atoms with van der Waals surface area (Å²) in [4.78, 5) is 119. The van der Waals surface area contributed by atoms with Crippen LogP contribution in [0.15, 0.2) is 120 Å². The quantitative estimate of drug-likeness (QED) is 0.0213. The molecule has 47 heteroatoms. The molecule has 2 aliphatic rings. The van der Waals surface area contributed by atoms with Crippen LogP contribution >= 0.6 is 0 Å². The van der Waals surface area contributed by atoms with E-state index in [-0.39, 0.29) is 63.4 Å². The summed E-state index contributed by atoms with van der Waals surface area (Å²) in [6, 6.07) is -4.07. The van der Waals surface area contributed by atoms with Crippen molar-refractivity contribution in [3.63, 3.8) is 0 Å². The van der Waals surface area contributed by atoms with Gasteiger partial charge in [-0.1, -0.05) is 71.9 Å². The van der Waals surface area contributed by atoms with Crippen molar-refractivity contribution >= 4 is 136 Å². The summed E-state index contributed by atoms with van der Waals surface area (Å²) in [5.74, 6) is -18.7. The van der Waals surface area contributed by atoms with Gasteiger partial charge in [-0.25, -0.2) is 89.9 Å². The highest BCUT2D eigenvalue weighted by Gasteiger charge is 2.46. The fourth-order valence-corrected chi connectivity index (χ4v) is 14.0. The Morgan fingerprint density at radius 1 is 0.379 bits per heavy atom. The number of carboxylic acids is 1. The van der Waals surface area contributed by atoms with Crippen LogP contribution in [0.4, 0.5) is 0 Å². The first kappa shape index (κ1) is 121. The molecule has 1 aromatic carbocycles. The monoisotopic (exact) mass is 1980 g/mol. The van der Waals surface area contributed by atoms with Crippen molar-refractivity contribution in [1.82, 2.24) is 9.80 Å². The molecule has 140 heavy (non-hydrogen) atoms. The molecule has 10 atom stereocenters. The van der Waals surface area contributed by atoms with Crippen LogP contribution in [0.5, 0.6) is 0 Å². The number of amides is 2. The van der Waals surface area contributed by atoms with Gasteiger partial charge in [0.2, 0.25) is 100 Å². The number of likely N-dealkylation sites (tertiary alicyclic amines) is 2. The van der Waals surface area contributed by atoms with E-state index < -0.39 is 284 Å². The van der Waals surface area contributed by atoms with Gasteiger partial charge < -0.3 is 122 Å². The van der Waals surface area contributed by atoms with E-state index in [1.54, 1.807) is 71.9 Å². The predicted molar refractivity (Wildman–Crippen MR) is 546 cm³/mol. The van der Waals surface area contributed by atoms with Crippen LogP contribution in [0.2, 0.25) is 0 Å². The number of carbonyl (C=O) groups is 3. The van der Waals surface area contributed by atoms with Gasteiger partial charge in [0, 0.05) is 39.3 Å². The van der Waals surface area contributed by atoms with Crippen LogP contribution in [0.25, 0.3) is 0 Å². The first-order valence-electron chi connectivity index (χ1n) is 46.0. The number of aliphatic imine (C=N–C) groups is 18. The van der Waals surface area contributed by atoms with Crippen molar-refractivity contribution in [2.75, 3.05) is 26.2 Å². The molecule has 0 aliphatic carbocycles. The fourth-order valence-electron chi connectivity index (χ4n) is 14.0. The SMILES string of the molecule is CC(O)=NC(C)(C)C(=O)N1CCCC1C(O)=NC(C)(C)C(O)=NC(C)C(O)=NC(C)(C)C(O)=NC(C)(C)C(O)=NC(CCC(=N)O)C(O)=NC(C)(C)C(O)=NC(C(O)=NC(C)(C)C(O)=NCC(O)=NC(CC(C)C)C(O)=NC(C)(C)C(=O)N1CCCC1C(O)=NC(C(O)=NC(C)(C)C(O)=NC(C)(C)C(O)=NC(CCC(=O)O)C(O)=NC(CCC(=N)O)C(O)=NC(CO)Cc1ccccc1)C(C)C)C(C)C. The number of rotatable bonds is 53. The number of nitrogens with one attached hydrogen (secondary N) is 2. The zero-order valence-electron chi connectivity index (χ0n) is 85.2. The van der Waals surface area contributed by atoms with Crippen LogP contribution < -0.4 is 0 Å². The molecule has 3 rings (SSSR count). The molecule has 784 valence electrons. The molecular formula is C93H152N22O25. The summed E-state index contributed by atoms with van der Waals surface area (Å²) in [6.07, 6.45) is -1.02. The van der Waals surface area contributed by atoms with Crippen molar-refractivity contribution in [2.24, 2.45) is 108 Å². The van der Waals surface area contributed by atoms with Crippen LogP contribution in [0.3, 0.4) is 0 Å². The van der Waals surface area contributed by atoms with Gasteiger partial charge in [-0.3, -0.25) is 25.2 Å². The Kier molecular flexibility index (Phi) is 43.9. The van der Waals surface area contributed by atoms with Crippen LogP contribution in [0, 0.1) is 28.6 Å². The van der Waals surface area contributed by atoms with Crippen molar-refractivity contribution in [3.8, 4) is 0 Å². The van der Waals surface area contributed by atoms with Crippen molar-refractivity contribution in [3.05, 3.63) is 35.9 Å². The number of carboxylic acid groups (broad SMARTS) is 1. The third-order valence-electron chi connectivity index (χ3n) is 22.3. The number of aliphatic hydroxyl groups is 21. The van der Waals surface area contributed by atoms with Crippen molar-refractivity contribution < 1.29 is 127 Å². The maximum Gasteiger partial charge on any atom is 0.303 e. The molecule has 2 heterocycles. The van der Waals surface area contributed by atoms with E-state index in [2.05, 4.69) is 89.9 Å². The van der Waals surface area contributed by atoms with E-state index in [0.717, 1.165) is 5.56 Å². The zero-order valence-corrected chi connectivity index (χ0v) is 85.2. The Morgan fingerprint density at radius 2 is 0.743 bits per heavy atom. The maximum atomic E-state index is 14.6. The summed E-state index contributed by atoms with van der Waals surface area (Å²) in [6.45, 7) is 36.3. The smallest absolute Gasteiger partial charge is 0.303 e. The van der Waals surface area contributed by atoms with Gasteiger partial charge >= 0.3 is 5.97 Å². The van der Waals surface area contributed by atoms with E-state index in [1.165, 1.54) is 148 Å². The van der Waals surface area contributed by atoms with Gasteiger partial charge in [0.1, 0.15) is 111 Å². The van der Waals surface area contributed by atoms with Gasteiger partial charge in [0.25, 0.3) is 11.8 Å². The molecule has 0 saturated carbocycles. The minimum Gasteiger partial charge on any atom is -0.497 e. The van der Waals surface area contributed by atoms with E-state index in [1.807, 2.05) is 0 Å². The number of carbonyl (C=O) groups excluding carboxylic acids is 2. The van der Waals surface area contributed by atoms with Crippen LogP contribution in [-0.2, 0) is 20.8 Å². The van der Waals surface area contributed by atoms with E-state index in [9.17, 15) is 127 Å². The normalized spacial score (nSPS) is 19.4. The van der Waals surface area contributed by atoms with Crippen molar-refractivity contribution in [2.45, 2.75) is 367 Å². The standard InChI is InChI=1S/C93H152N22O25/c1-48(2)44-58(71(127)108-93(25,26)84(140)114-42-30-34-59(114)72(128)103-65(49(3)4)74(130)111-91(21,22)82(138)113-88(15,16)78(134)101-56(38-41-64(121)122)69(125)100-55(36-39-61(94)118)68(124)98-54(47-116)45-53-32-28-27-29-33-53)99-63(120)46-96-76(132)85(9,10)110-75(131)66(50(5)6)104-80(136)87(13,14)107-70(126)57(37-40-62(95)119)102-79(135)89(17,18)112-81(137)90(19,20)106-67(123)51(7)97-77(133)86(11,12)109-73(129)60-35-31-43-115(60)83(139)92(23,24)105-52(8)117/h27-29,32-33,48-51,54-60,65-66,116H,30-31,34-47H2,1-26H3,(H2,94,118)(H2,95,119)(H,96,132)(H,97,133)(H,98,124)(H,99,120)(H,100,125)(H,101,134)(H,102,135)(H,103,128)(H,104,136)(H,105,117)(H,106,123)(H,107,126)(H,108,127)(H,109,129)(H,110,131)(H,111,130)(H,112,137)(H,113,138)(H,121,122). The highest BCUT2D eigenvalue weighted by molar-refractivity contribution is 6.01. The number of benzene rings is 1. The molecular weight excluding hydrogens is 1830 g/mol. The van der Waals surface area contributed by atoms with Gasteiger partial charge in [-0.05, 0) is 213 Å². The largest absolute Gasteiger partial charge is 0.497 e. The maximum absolute atomic E-state index is 14.6. The number of nitrogens with zero attached hydrogens (tertiary/aromatic N) is 20. The Balaban J connectivity index is 1.93. The highest BCUT2D eigenvalue weighted by Crippen LogP contribution is 2.32. The molecule has 2 saturated heterocycles. The lowest BCUT2D eigenvalue weighted by atomic mass is 10.0. The second-order valence-electron chi connectivity index (χ2n) is 40.3. The van der Waals surface area contributed by atoms with Crippen LogP contribution in [0.1, 0.15) is 256 Å². The summed E-state index contributed by atoms with van der Waals surface area (Å²) in [5.41, 5.74) is -15.1. The zero-order chi connectivity index (χ0) is 108. The van der Waals surface area contributed by atoms with E-state index >= 15 is 0 Å². The second kappa shape index (κ2) is 50.7. The molecule has 0 aromatic heterocycles. The van der Waals surface area contributed by atoms with Crippen LogP contribution in [-0.4, -0.2) is 394 Å². The van der Waals surface area contributed by atoms with Gasteiger partial charge in [0.15, 0.2) is 17.7 Å². The second-order valence-corrected chi connectivity index (χ2v) is 40.3. The highest BCUT2D eigenvalue weighted by atomic mass is 16.4. The summed E-state index contributed by atoms with van der Waals surface area (Å²) >= 11 is 0. The Hall–Kier alpha value is -13.0. The Morgan fingerprint density at radius 3 is 1.19 bits per heavy atom. The van der Waals surface area contributed by atoms with Gasteiger partial charge in [0.05, 0.1) is 12.6 Å². The topological polar surface area (TPSA) is 773 Å². The van der Waals surface area contributed by atoms with Crippen molar-refractivity contribution in [1.29, 1.82) is 10.8 Å². The molecule has 24 N–H and O–H groups in total. The molecule has 2 amide bonds. The number of aliphatic hydroxyl groups excluding tert-OH is 21. The molecule has 0 spiro atoms. The fraction of sp³-hybridized carbons (Fsp3) is 0.688. The Bertz CT molecular complexity index is 5060. The van der Waals surface area contributed by atoms with Gasteiger partial charge in [-0.15, -0.1) is 0 Å². The van der Waals surface area contributed by atoms with Gasteiger partial charge in [-0.2, -0.15) is 0 Å². The predicted octanol–water partition coefficient (Wildman–Crippen LogP) is 13.3. The molecule has 1 aromatic rings. The molecule has 47 nitrogen and oxygen atoms in total. The molecule has 0 bridgehead atoms. The molecule has 10 unspecified atom stereocenters. The minimum atomic E-state index is -1.90. The lowest BCUT2D eigenvalue weighted by Crippen LogP contribution is -2.50. The lowest BCUT2D eigenvalue weighted by Gasteiger charge is -2.31. The third-order valence-corrected chi connectivity index (χ3v) is 22.3. The lowest BCUT2D eigenvalue weighted by molar-refractivity contribution is -0.137. The minimum absolute atomic E-state index is 0.0419. The first-order valence-corrected chi connectivity index (χ1v) is 46.0. The molecule has 2 fully saturated rings. The van der Waals surface area contributed by atoms with E-state index in [0.29, 0.717) is 19.3 Å². The Labute approximate surface area is 816 Å². The summed E-state index contributed by atoms with van der Waals surface area (Å²) < 4.78 is 0. The third kappa shape index (κ3) is 37.0.